The monoisotopic (exact) mass is 299 g/mol. The van der Waals surface area contributed by atoms with E-state index in [4.69, 9.17) is 9.47 Å². The first-order valence-corrected chi connectivity index (χ1v) is 8.22. The van der Waals surface area contributed by atoms with Gasteiger partial charge in [0.25, 0.3) is 0 Å². The Hall–Kier alpha value is -1.11. The Morgan fingerprint density at radius 3 is 2.50 bits per heavy atom. The van der Waals surface area contributed by atoms with E-state index in [1.54, 1.807) is 7.05 Å². The summed E-state index contributed by atoms with van der Waals surface area (Å²) < 4.78 is 36.3. The van der Waals surface area contributed by atoms with E-state index in [1.807, 2.05) is 37.3 Å². The quantitative estimate of drug-likeness (QED) is 0.763. The van der Waals surface area contributed by atoms with Gasteiger partial charge >= 0.3 is 0 Å². The Kier molecular flexibility index (Phi) is 4.67. The molecular weight excluding hydrogens is 278 g/mol. The molecule has 2 rings (SSSR count). The third kappa shape index (κ3) is 3.94. The fraction of sp³-hybridized carbons (Fsp3) is 0.571. The zero-order chi connectivity index (χ0) is 14.6. The van der Waals surface area contributed by atoms with Crippen LogP contribution in [0, 0.1) is 5.41 Å². The number of rotatable bonds is 7. The molecule has 5 nitrogen and oxygen atoms in total. The van der Waals surface area contributed by atoms with Gasteiger partial charge in [0.05, 0.1) is 19.0 Å². The molecule has 0 unspecified atom stereocenters. The first-order chi connectivity index (χ1) is 9.41. The Balaban J connectivity index is 1.81. The molecule has 1 aliphatic heterocycles. The number of nitrogens with zero attached hydrogens (tertiary/aromatic N) is 1. The van der Waals surface area contributed by atoms with Gasteiger partial charge in [-0.1, -0.05) is 25.1 Å². The highest BCUT2D eigenvalue weighted by Crippen LogP contribution is 2.28. The van der Waals surface area contributed by atoms with Crippen molar-refractivity contribution in [2.24, 2.45) is 5.41 Å². The molecule has 0 aromatic heterocycles. The molecule has 20 heavy (non-hydrogen) atoms. The van der Waals surface area contributed by atoms with E-state index in [-0.39, 0.29) is 17.8 Å². The van der Waals surface area contributed by atoms with Crippen LogP contribution in [0.5, 0.6) is 5.75 Å². The minimum absolute atomic E-state index is 0.0185. The number of hydrogen-bond donors (Lipinski definition) is 0. The maximum atomic E-state index is 12.1. The van der Waals surface area contributed by atoms with Crippen molar-refractivity contribution in [3.05, 3.63) is 30.3 Å². The standard InChI is InChI=1S/C14H21NO4S/c1-14(11-18-12-14)10-15(2)20(16,17)9-8-19-13-6-4-3-5-7-13/h3-7H,8-12H2,1-2H3. The number of ether oxygens (including phenoxy) is 2. The van der Waals surface area contributed by atoms with Crippen molar-refractivity contribution in [1.29, 1.82) is 0 Å². The lowest BCUT2D eigenvalue weighted by atomic mass is 9.89. The van der Waals surface area contributed by atoms with Gasteiger partial charge < -0.3 is 9.47 Å². The molecule has 0 spiro atoms. The highest BCUT2D eigenvalue weighted by atomic mass is 32.2. The summed E-state index contributed by atoms with van der Waals surface area (Å²) in [6.07, 6.45) is 0. The van der Waals surface area contributed by atoms with Crippen LogP contribution < -0.4 is 4.74 Å². The molecule has 1 fully saturated rings. The molecule has 1 saturated heterocycles. The molecule has 0 amide bonds. The molecule has 6 heteroatoms. The summed E-state index contributed by atoms with van der Waals surface area (Å²) in [6, 6.07) is 9.21. The molecule has 0 bridgehead atoms. The van der Waals surface area contributed by atoms with Gasteiger partial charge in [0.15, 0.2) is 0 Å². The summed E-state index contributed by atoms with van der Waals surface area (Å²) in [5, 5.41) is 0. The van der Waals surface area contributed by atoms with E-state index >= 15 is 0 Å². The average Bonchev–Trinajstić information content (AvgIpc) is 2.38. The van der Waals surface area contributed by atoms with Crippen LogP contribution in [0.15, 0.2) is 30.3 Å². The lowest BCUT2D eigenvalue weighted by Crippen LogP contribution is -2.49. The molecule has 0 radical (unpaired) electrons. The SMILES string of the molecule is CN(CC1(C)COC1)S(=O)(=O)CCOc1ccccc1. The normalized spacial score (nSPS) is 17.8. The lowest BCUT2D eigenvalue weighted by molar-refractivity contribution is -0.106. The predicted molar refractivity (Wildman–Crippen MR) is 77.3 cm³/mol. The largest absolute Gasteiger partial charge is 0.492 e. The Morgan fingerprint density at radius 2 is 1.95 bits per heavy atom. The van der Waals surface area contributed by atoms with E-state index in [0.29, 0.717) is 25.5 Å². The van der Waals surface area contributed by atoms with Crippen LogP contribution in [0.4, 0.5) is 0 Å². The lowest BCUT2D eigenvalue weighted by Gasteiger charge is -2.40. The molecule has 1 heterocycles. The van der Waals surface area contributed by atoms with E-state index < -0.39 is 10.0 Å². The van der Waals surface area contributed by atoms with Gasteiger partial charge in [-0.2, -0.15) is 0 Å². The molecular formula is C14H21NO4S. The maximum Gasteiger partial charge on any atom is 0.217 e. The maximum absolute atomic E-state index is 12.1. The Labute approximate surface area is 120 Å². The predicted octanol–water partition coefficient (Wildman–Crippen LogP) is 1.36. The third-order valence-electron chi connectivity index (χ3n) is 3.33. The second-order valence-electron chi connectivity index (χ2n) is 5.54. The van der Waals surface area contributed by atoms with E-state index in [9.17, 15) is 8.42 Å². The Morgan fingerprint density at radius 1 is 1.30 bits per heavy atom. The zero-order valence-electron chi connectivity index (χ0n) is 11.9. The van der Waals surface area contributed by atoms with Crippen LogP contribution in [-0.4, -0.2) is 51.9 Å². The summed E-state index contributed by atoms with van der Waals surface area (Å²) in [5.74, 6) is 0.666. The van der Waals surface area contributed by atoms with Crippen LogP contribution in [0.2, 0.25) is 0 Å². The van der Waals surface area contributed by atoms with Crippen molar-refractivity contribution in [2.45, 2.75) is 6.92 Å². The molecule has 112 valence electrons. The number of hydrogen-bond acceptors (Lipinski definition) is 4. The molecule has 0 saturated carbocycles. The smallest absolute Gasteiger partial charge is 0.217 e. The first kappa shape index (κ1) is 15.3. The molecule has 1 aliphatic rings. The zero-order valence-corrected chi connectivity index (χ0v) is 12.7. The Bertz CT molecular complexity index is 525. The van der Waals surface area contributed by atoms with Crippen molar-refractivity contribution in [1.82, 2.24) is 4.31 Å². The first-order valence-electron chi connectivity index (χ1n) is 6.61. The van der Waals surface area contributed by atoms with Gasteiger partial charge in [-0.15, -0.1) is 0 Å². The van der Waals surface area contributed by atoms with Crippen LogP contribution in [0.3, 0.4) is 0 Å². The summed E-state index contributed by atoms with van der Waals surface area (Å²) in [5.41, 5.74) is -0.0535. The summed E-state index contributed by atoms with van der Waals surface area (Å²) >= 11 is 0. The summed E-state index contributed by atoms with van der Waals surface area (Å²) in [7, 11) is -1.67. The molecule has 1 aromatic carbocycles. The van der Waals surface area contributed by atoms with Crippen molar-refractivity contribution in [2.75, 3.05) is 39.2 Å². The van der Waals surface area contributed by atoms with Gasteiger partial charge in [-0.25, -0.2) is 12.7 Å². The molecule has 1 aromatic rings. The third-order valence-corrected chi connectivity index (χ3v) is 5.09. The number of benzene rings is 1. The minimum atomic E-state index is -3.29. The fourth-order valence-corrected chi connectivity index (χ4v) is 3.23. The minimum Gasteiger partial charge on any atom is -0.492 e. The topological polar surface area (TPSA) is 55.8 Å². The van der Waals surface area contributed by atoms with Gasteiger partial charge in [0.2, 0.25) is 10.0 Å². The van der Waals surface area contributed by atoms with Crippen molar-refractivity contribution < 1.29 is 17.9 Å². The van der Waals surface area contributed by atoms with Crippen molar-refractivity contribution in [3.63, 3.8) is 0 Å². The van der Waals surface area contributed by atoms with Crippen LogP contribution in [0.25, 0.3) is 0 Å². The molecule has 0 N–H and O–H groups in total. The van der Waals surface area contributed by atoms with Crippen molar-refractivity contribution in [3.8, 4) is 5.75 Å². The van der Waals surface area contributed by atoms with Gasteiger partial charge in [0.1, 0.15) is 12.4 Å². The average molecular weight is 299 g/mol. The second kappa shape index (κ2) is 6.11. The molecule has 0 atom stereocenters. The number of para-hydroxylation sites is 1. The van der Waals surface area contributed by atoms with Gasteiger partial charge in [-0.05, 0) is 12.1 Å². The van der Waals surface area contributed by atoms with E-state index in [0.717, 1.165) is 0 Å². The van der Waals surface area contributed by atoms with Crippen LogP contribution in [-0.2, 0) is 14.8 Å². The van der Waals surface area contributed by atoms with E-state index in [1.165, 1.54) is 4.31 Å². The summed E-state index contributed by atoms with van der Waals surface area (Å²) in [6.45, 7) is 3.91. The van der Waals surface area contributed by atoms with Gasteiger partial charge in [-0.3, -0.25) is 0 Å². The second-order valence-corrected chi connectivity index (χ2v) is 7.73. The molecule has 0 aliphatic carbocycles. The van der Waals surface area contributed by atoms with Crippen molar-refractivity contribution >= 4 is 10.0 Å². The number of sulfonamides is 1. The highest BCUT2D eigenvalue weighted by Gasteiger charge is 2.37. The highest BCUT2D eigenvalue weighted by molar-refractivity contribution is 7.89. The fourth-order valence-electron chi connectivity index (χ4n) is 2.12. The van der Waals surface area contributed by atoms with Gasteiger partial charge in [0, 0.05) is 19.0 Å². The van der Waals surface area contributed by atoms with Crippen LogP contribution >= 0.6 is 0 Å². The summed E-state index contributed by atoms with van der Waals surface area (Å²) in [4.78, 5) is 0. The van der Waals surface area contributed by atoms with Crippen LogP contribution in [0.1, 0.15) is 6.92 Å². The van der Waals surface area contributed by atoms with E-state index in [2.05, 4.69) is 0 Å².